The van der Waals surface area contributed by atoms with Crippen molar-refractivity contribution >= 4 is 17.9 Å². The third kappa shape index (κ3) is 5.75. The van der Waals surface area contributed by atoms with Crippen LogP contribution in [0.2, 0.25) is 0 Å². The molecule has 1 aromatic rings. The quantitative estimate of drug-likeness (QED) is 0.749. The van der Waals surface area contributed by atoms with Crippen LogP contribution in [0.3, 0.4) is 0 Å². The van der Waals surface area contributed by atoms with Gasteiger partial charge < -0.3 is 19.5 Å². The second kappa shape index (κ2) is 9.03. The Bertz CT molecular complexity index is 610. The number of rotatable bonds is 6. The molecule has 2 N–H and O–H groups in total. The van der Waals surface area contributed by atoms with Gasteiger partial charge in [-0.2, -0.15) is 0 Å². The molecule has 8 heteroatoms. The Labute approximate surface area is 145 Å². The highest BCUT2D eigenvalue weighted by molar-refractivity contribution is 5.98. The van der Waals surface area contributed by atoms with Crippen molar-refractivity contribution in [3.63, 3.8) is 0 Å². The summed E-state index contributed by atoms with van der Waals surface area (Å²) < 4.78 is 16.1. The summed E-state index contributed by atoms with van der Waals surface area (Å²) in [4.78, 5) is 34.8. The average Bonchev–Trinajstić information content (AvgIpc) is 3.13. The first-order valence-electron chi connectivity index (χ1n) is 8.07. The number of hydrogen-bond acceptors (Lipinski definition) is 6. The van der Waals surface area contributed by atoms with Crippen LogP contribution in [0, 0.1) is 0 Å². The Hall–Kier alpha value is -2.61. The van der Waals surface area contributed by atoms with Gasteiger partial charge in [0.15, 0.2) is 6.10 Å². The number of benzene rings is 1. The smallest absolute Gasteiger partial charge is 0.338 e. The van der Waals surface area contributed by atoms with Gasteiger partial charge in [-0.15, -0.1) is 0 Å². The minimum Gasteiger partial charge on any atom is -0.491 e. The summed E-state index contributed by atoms with van der Waals surface area (Å²) in [6.45, 7) is 2.63. The normalized spacial score (nSPS) is 17.4. The van der Waals surface area contributed by atoms with Crippen LogP contribution in [-0.2, 0) is 14.3 Å². The summed E-state index contributed by atoms with van der Waals surface area (Å²) in [5.74, 6) is -0.744. The molecule has 2 atom stereocenters. The molecule has 0 bridgehead atoms. The molecule has 1 aromatic carbocycles. The zero-order valence-corrected chi connectivity index (χ0v) is 14.2. The molecule has 136 valence electrons. The predicted octanol–water partition coefficient (Wildman–Crippen LogP) is 1.25. The molecule has 0 saturated carbocycles. The summed E-state index contributed by atoms with van der Waals surface area (Å²) in [5.41, 5.74) is 0.282. The number of carbonyl (C=O) groups excluding carboxylic acids is 3. The van der Waals surface area contributed by atoms with E-state index in [1.165, 1.54) is 14.0 Å². The molecule has 0 aromatic heterocycles. The zero-order chi connectivity index (χ0) is 18.2. The van der Waals surface area contributed by atoms with Crippen LogP contribution in [0.5, 0.6) is 5.75 Å². The minimum atomic E-state index is -1.10. The number of urea groups is 1. The van der Waals surface area contributed by atoms with Crippen LogP contribution >= 0.6 is 0 Å². The predicted molar refractivity (Wildman–Crippen MR) is 88.4 cm³/mol. The second-order valence-electron chi connectivity index (χ2n) is 5.59. The number of nitrogens with one attached hydrogen (secondary N) is 2. The fraction of sp³-hybridized carbons (Fsp3) is 0.471. The number of hydrogen-bond donors (Lipinski definition) is 2. The fourth-order valence-electron chi connectivity index (χ4n) is 2.21. The molecule has 0 spiro atoms. The third-order valence-corrected chi connectivity index (χ3v) is 3.67. The van der Waals surface area contributed by atoms with Crippen LogP contribution in [0.15, 0.2) is 24.3 Å². The van der Waals surface area contributed by atoms with Crippen LogP contribution in [0.25, 0.3) is 0 Å². The molecule has 2 rings (SSSR count). The molecule has 0 aliphatic carbocycles. The summed E-state index contributed by atoms with van der Waals surface area (Å²) in [6, 6.07) is 5.75. The molecule has 1 aliphatic heterocycles. The van der Waals surface area contributed by atoms with Gasteiger partial charge in [0.1, 0.15) is 12.4 Å². The molecule has 2 unspecified atom stereocenters. The number of imide groups is 1. The molecule has 25 heavy (non-hydrogen) atoms. The van der Waals surface area contributed by atoms with Crippen molar-refractivity contribution in [2.24, 2.45) is 0 Å². The number of esters is 1. The monoisotopic (exact) mass is 350 g/mol. The molecular formula is C17H22N2O6. The second-order valence-corrected chi connectivity index (χ2v) is 5.59. The summed E-state index contributed by atoms with van der Waals surface area (Å²) in [6.07, 6.45) is 1.05. The molecule has 1 aliphatic rings. The Morgan fingerprint density at radius 2 is 2.00 bits per heavy atom. The van der Waals surface area contributed by atoms with E-state index in [2.05, 4.69) is 5.32 Å². The number of carbonyl (C=O) groups is 3. The van der Waals surface area contributed by atoms with Gasteiger partial charge in [-0.1, -0.05) is 0 Å². The topological polar surface area (TPSA) is 103 Å². The third-order valence-electron chi connectivity index (χ3n) is 3.67. The summed E-state index contributed by atoms with van der Waals surface area (Å²) >= 11 is 0. The van der Waals surface area contributed by atoms with Crippen LogP contribution in [-0.4, -0.2) is 50.4 Å². The first-order chi connectivity index (χ1) is 12.0. The van der Waals surface area contributed by atoms with E-state index in [1.807, 2.05) is 5.32 Å². The van der Waals surface area contributed by atoms with Gasteiger partial charge >= 0.3 is 12.0 Å². The SMILES string of the molecule is CNC(=O)NC(=O)C(C)OC(=O)c1ccc(OCC2CCCO2)cc1. The van der Waals surface area contributed by atoms with Gasteiger partial charge in [0, 0.05) is 13.7 Å². The number of ether oxygens (including phenoxy) is 3. The average molecular weight is 350 g/mol. The van der Waals surface area contributed by atoms with Gasteiger partial charge in [-0.05, 0) is 44.0 Å². The first-order valence-corrected chi connectivity index (χ1v) is 8.07. The van der Waals surface area contributed by atoms with Crippen LogP contribution < -0.4 is 15.4 Å². The lowest BCUT2D eigenvalue weighted by Gasteiger charge is -2.13. The molecule has 1 saturated heterocycles. The molecule has 1 fully saturated rings. The fourth-order valence-corrected chi connectivity index (χ4v) is 2.21. The van der Waals surface area contributed by atoms with Crippen molar-refractivity contribution in [2.45, 2.75) is 32.0 Å². The van der Waals surface area contributed by atoms with Crippen molar-refractivity contribution in [3.05, 3.63) is 29.8 Å². The Morgan fingerprint density at radius 1 is 1.28 bits per heavy atom. The van der Waals surface area contributed by atoms with Gasteiger partial charge in [-0.25, -0.2) is 9.59 Å². The van der Waals surface area contributed by atoms with Crippen molar-refractivity contribution in [2.75, 3.05) is 20.3 Å². The van der Waals surface area contributed by atoms with E-state index >= 15 is 0 Å². The van der Waals surface area contributed by atoms with E-state index in [4.69, 9.17) is 14.2 Å². The van der Waals surface area contributed by atoms with E-state index in [1.54, 1.807) is 24.3 Å². The molecular weight excluding hydrogens is 328 g/mol. The lowest BCUT2D eigenvalue weighted by atomic mass is 10.2. The molecule has 0 radical (unpaired) electrons. The Kier molecular flexibility index (Phi) is 6.76. The van der Waals surface area contributed by atoms with Crippen molar-refractivity contribution < 1.29 is 28.6 Å². The van der Waals surface area contributed by atoms with Gasteiger partial charge in [-0.3, -0.25) is 10.1 Å². The highest BCUT2D eigenvalue weighted by atomic mass is 16.5. The van der Waals surface area contributed by atoms with Crippen LogP contribution in [0.4, 0.5) is 4.79 Å². The Morgan fingerprint density at radius 3 is 2.60 bits per heavy atom. The van der Waals surface area contributed by atoms with Gasteiger partial charge in [0.05, 0.1) is 11.7 Å². The maximum absolute atomic E-state index is 12.0. The number of amides is 3. The maximum atomic E-state index is 12.0. The van der Waals surface area contributed by atoms with Crippen molar-refractivity contribution in [1.82, 2.24) is 10.6 Å². The largest absolute Gasteiger partial charge is 0.491 e. The van der Waals surface area contributed by atoms with E-state index in [9.17, 15) is 14.4 Å². The zero-order valence-electron chi connectivity index (χ0n) is 14.2. The van der Waals surface area contributed by atoms with Crippen LogP contribution in [0.1, 0.15) is 30.1 Å². The molecule has 3 amide bonds. The van der Waals surface area contributed by atoms with Gasteiger partial charge in [0.2, 0.25) is 0 Å². The molecule has 8 nitrogen and oxygen atoms in total. The van der Waals surface area contributed by atoms with E-state index in [-0.39, 0.29) is 11.7 Å². The highest BCUT2D eigenvalue weighted by Crippen LogP contribution is 2.17. The standard InChI is InChI=1S/C17H22N2O6/c1-11(15(20)19-17(22)18-2)25-16(21)12-5-7-13(8-6-12)24-10-14-4-3-9-23-14/h5-8,11,14H,3-4,9-10H2,1-2H3,(H2,18,19,20,22). The highest BCUT2D eigenvalue weighted by Gasteiger charge is 2.20. The van der Waals surface area contributed by atoms with E-state index in [0.29, 0.717) is 12.4 Å². The first kappa shape index (κ1) is 18.7. The summed E-state index contributed by atoms with van der Waals surface area (Å²) in [7, 11) is 1.38. The van der Waals surface area contributed by atoms with E-state index < -0.39 is 24.0 Å². The maximum Gasteiger partial charge on any atom is 0.338 e. The van der Waals surface area contributed by atoms with Crippen molar-refractivity contribution in [1.29, 1.82) is 0 Å². The lowest BCUT2D eigenvalue weighted by molar-refractivity contribution is -0.127. The van der Waals surface area contributed by atoms with Crippen molar-refractivity contribution in [3.8, 4) is 5.75 Å². The lowest BCUT2D eigenvalue weighted by Crippen LogP contribution is -2.43. The van der Waals surface area contributed by atoms with E-state index in [0.717, 1.165) is 19.4 Å². The minimum absolute atomic E-state index is 0.115. The molecule has 1 heterocycles. The Balaban J connectivity index is 1.82. The van der Waals surface area contributed by atoms with Gasteiger partial charge in [0.25, 0.3) is 5.91 Å². The summed E-state index contributed by atoms with van der Waals surface area (Å²) in [5, 5.41) is 4.28.